The van der Waals surface area contributed by atoms with Crippen molar-refractivity contribution < 1.29 is 19.1 Å². The van der Waals surface area contributed by atoms with Gasteiger partial charge in [0.05, 0.1) is 18.9 Å². The lowest BCUT2D eigenvalue weighted by Crippen LogP contribution is -2.57. The van der Waals surface area contributed by atoms with Gasteiger partial charge in [0, 0.05) is 24.7 Å². The minimum atomic E-state index is -1.22. The van der Waals surface area contributed by atoms with Crippen LogP contribution in [-0.4, -0.2) is 36.3 Å². The average molecular weight is 521 g/mol. The molecule has 4 aliphatic rings. The van der Waals surface area contributed by atoms with Gasteiger partial charge in [-0.15, -0.1) is 23.2 Å². The third kappa shape index (κ3) is 2.95. The summed E-state index contributed by atoms with van der Waals surface area (Å²) in [6.45, 7) is -0.0624. The molecular weight excluding hydrogens is 499 g/mol. The number of benzene rings is 3. The van der Waals surface area contributed by atoms with Crippen LogP contribution in [0.1, 0.15) is 28.7 Å². The van der Waals surface area contributed by atoms with Crippen molar-refractivity contribution in [2.75, 3.05) is 19.0 Å². The highest BCUT2D eigenvalue weighted by atomic mass is 35.5. The SMILES string of the molecule is COc1cccc(NC(=O)CCN2C(=O)[C@@H]3[C@H](C2=O)C2(Cl)c4ccccc4C3(Cl)c3ccccc32)c1. The first-order chi connectivity index (χ1) is 17.3. The molecule has 2 bridgehead atoms. The second kappa shape index (κ2) is 8.08. The monoisotopic (exact) mass is 520 g/mol. The number of ether oxygens (including phenoxy) is 1. The van der Waals surface area contributed by atoms with Gasteiger partial charge in [-0.3, -0.25) is 19.3 Å². The van der Waals surface area contributed by atoms with Crippen molar-refractivity contribution in [1.82, 2.24) is 4.90 Å². The lowest BCUT2D eigenvalue weighted by molar-refractivity contribution is -0.140. The van der Waals surface area contributed by atoms with Crippen LogP contribution >= 0.6 is 23.2 Å². The fourth-order valence-corrected chi connectivity index (χ4v) is 7.18. The lowest BCUT2D eigenvalue weighted by Gasteiger charge is -2.54. The maximum Gasteiger partial charge on any atom is 0.235 e. The van der Waals surface area contributed by atoms with Crippen LogP contribution < -0.4 is 10.1 Å². The molecule has 3 aromatic rings. The highest BCUT2D eigenvalue weighted by Gasteiger charge is 2.72. The van der Waals surface area contributed by atoms with Gasteiger partial charge in [0.2, 0.25) is 17.7 Å². The van der Waals surface area contributed by atoms with Gasteiger partial charge >= 0.3 is 0 Å². The first-order valence-electron chi connectivity index (χ1n) is 11.7. The number of carbonyl (C=O) groups excluding carboxylic acids is 3. The first-order valence-corrected chi connectivity index (χ1v) is 12.4. The summed E-state index contributed by atoms with van der Waals surface area (Å²) in [5.41, 5.74) is 3.57. The fourth-order valence-electron chi connectivity index (χ4n) is 6.08. The van der Waals surface area contributed by atoms with Crippen LogP contribution in [-0.2, 0) is 24.1 Å². The Bertz CT molecular complexity index is 1320. The molecule has 0 saturated carbocycles. The molecule has 1 N–H and O–H groups in total. The molecule has 7 rings (SSSR count). The summed E-state index contributed by atoms with van der Waals surface area (Å²) in [6.07, 6.45) is -0.0569. The second-order valence-electron chi connectivity index (χ2n) is 9.33. The number of carbonyl (C=O) groups is 3. The smallest absolute Gasteiger partial charge is 0.235 e. The lowest BCUT2D eigenvalue weighted by atomic mass is 9.54. The van der Waals surface area contributed by atoms with Crippen molar-refractivity contribution in [2.24, 2.45) is 11.8 Å². The molecule has 1 saturated heterocycles. The molecule has 0 unspecified atom stereocenters. The number of anilines is 1. The summed E-state index contributed by atoms with van der Waals surface area (Å²) in [5.74, 6) is -2.25. The van der Waals surface area contributed by atoms with Crippen molar-refractivity contribution in [1.29, 1.82) is 0 Å². The van der Waals surface area contributed by atoms with E-state index in [1.54, 1.807) is 31.4 Å². The first kappa shape index (κ1) is 23.1. The van der Waals surface area contributed by atoms with Crippen LogP contribution in [0.2, 0.25) is 0 Å². The molecule has 182 valence electrons. The van der Waals surface area contributed by atoms with Crippen LogP contribution in [0, 0.1) is 11.8 Å². The predicted molar refractivity (Wildman–Crippen MR) is 136 cm³/mol. The Kier molecular flexibility index (Phi) is 5.18. The van der Waals surface area contributed by atoms with Gasteiger partial charge in [0.15, 0.2) is 0 Å². The van der Waals surface area contributed by atoms with Crippen LogP contribution in [0.3, 0.4) is 0 Å². The molecule has 0 aromatic heterocycles. The van der Waals surface area contributed by atoms with E-state index in [4.69, 9.17) is 27.9 Å². The third-order valence-electron chi connectivity index (χ3n) is 7.59. The van der Waals surface area contributed by atoms with E-state index in [1.807, 2.05) is 48.5 Å². The minimum Gasteiger partial charge on any atom is -0.497 e. The number of nitrogens with one attached hydrogen (secondary N) is 1. The minimum absolute atomic E-state index is 0.0569. The van der Waals surface area contributed by atoms with Gasteiger partial charge < -0.3 is 10.1 Å². The number of nitrogens with zero attached hydrogens (tertiary/aromatic N) is 1. The number of hydrogen-bond acceptors (Lipinski definition) is 4. The van der Waals surface area contributed by atoms with E-state index in [2.05, 4.69) is 5.32 Å². The number of methoxy groups -OCH3 is 1. The van der Waals surface area contributed by atoms with Gasteiger partial charge in [-0.1, -0.05) is 54.6 Å². The zero-order valence-corrected chi connectivity index (χ0v) is 20.8. The summed E-state index contributed by atoms with van der Waals surface area (Å²) >= 11 is 14.8. The van der Waals surface area contributed by atoms with Gasteiger partial charge in [-0.2, -0.15) is 0 Å². The average Bonchev–Trinajstić information content (AvgIpc) is 3.16. The molecule has 36 heavy (non-hydrogen) atoms. The van der Waals surface area contributed by atoms with Crippen molar-refractivity contribution >= 4 is 46.6 Å². The maximum atomic E-state index is 13.8. The van der Waals surface area contributed by atoms with E-state index in [-0.39, 0.29) is 18.9 Å². The molecule has 2 atom stereocenters. The number of imide groups is 1. The van der Waals surface area contributed by atoms with Gasteiger partial charge in [-0.05, 0) is 34.4 Å². The summed E-state index contributed by atoms with van der Waals surface area (Å²) in [4.78, 5) is 38.9. The summed E-state index contributed by atoms with van der Waals surface area (Å²) in [6, 6.07) is 22.0. The van der Waals surface area contributed by atoms with E-state index in [0.29, 0.717) is 11.4 Å². The largest absolute Gasteiger partial charge is 0.497 e. The molecule has 1 heterocycles. The van der Waals surface area contributed by atoms with Crippen LogP contribution in [0.4, 0.5) is 5.69 Å². The highest BCUT2D eigenvalue weighted by molar-refractivity contribution is 6.36. The van der Waals surface area contributed by atoms with Crippen molar-refractivity contribution in [3.05, 3.63) is 95.1 Å². The van der Waals surface area contributed by atoms with Crippen molar-refractivity contribution in [3.63, 3.8) is 0 Å². The number of amides is 3. The molecule has 3 aromatic carbocycles. The molecule has 0 spiro atoms. The number of hydrogen-bond donors (Lipinski definition) is 1. The van der Waals surface area contributed by atoms with E-state index >= 15 is 0 Å². The Morgan fingerprint density at radius 1 is 0.861 bits per heavy atom. The van der Waals surface area contributed by atoms with Gasteiger partial charge in [0.1, 0.15) is 15.5 Å². The molecule has 3 amide bonds. The number of alkyl halides is 2. The Balaban J connectivity index is 1.32. The number of rotatable bonds is 5. The van der Waals surface area contributed by atoms with Crippen LogP contribution in [0.5, 0.6) is 5.75 Å². The van der Waals surface area contributed by atoms with E-state index in [1.165, 1.54) is 0 Å². The Labute approximate surface area is 218 Å². The molecule has 6 nitrogen and oxygen atoms in total. The zero-order chi connectivity index (χ0) is 25.2. The van der Waals surface area contributed by atoms with E-state index < -0.39 is 33.4 Å². The Hall–Kier alpha value is -3.35. The second-order valence-corrected chi connectivity index (χ2v) is 10.5. The van der Waals surface area contributed by atoms with Gasteiger partial charge in [0.25, 0.3) is 0 Å². The zero-order valence-electron chi connectivity index (χ0n) is 19.3. The molecular formula is C28H22Cl2N2O4. The van der Waals surface area contributed by atoms with E-state index in [9.17, 15) is 14.4 Å². The summed E-state index contributed by atoms with van der Waals surface area (Å²) in [7, 11) is 1.54. The molecule has 1 aliphatic heterocycles. The van der Waals surface area contributed by atoms with Crippen molar-refractivity contribution in [3.8, 4) is 5.75 Å². The summed E-state index contributed by atoms with van der Waals surface area (Å²) in [5, 5.41) is 2.79. The van der Waals surface area contributed by atoms with Crippen molar-refractivity contribution in [2.45, 2.75) is 16.2 Å². The molecule has 8 heteroatoms. The Morgan fingerprint density at radius 2 is 1.36 bits per heavy atom. The molecule has 0 radical (unpaired) electrons. The third-order valence-corrected chi connectivity index (χ3v) is 8.88. The molecule has 1 fully saturated rings. The van der Waals surface area contributed by atoms with Crippen LogP contribution in [0.15, 0.2) is 72.8 Å². The van der Waals surface area contributed by atoms with Gasteiger partial charge in [-0.25, -0.2) is 0 Å². The standard InChI is InChI=1S/C28H22Cl2N2O4/c1-36-17-8-6-7-16(15-17)31-22(33)13-14-32-25(34)23-24(26(32)35)28(30)19-10-3-2-9-18(19)27(23,29)20-11-4-5-12-21(20)28/h2-12,15,23-24H,13-14H2,1H3,(H,31,33)/t23-,24+,27?,28?. The topological polar surface area (TPSA) is 75.7 Å². The van der Waals surface area contributed by atoms with E-state index in [0.717, 1.165) is 27.2 Å². The number of halogens is 2. The highest BCUT2D eigenvalue weighted by Crippen LogP contribution is 2.69. The summed E-state index contributed by atoms with van der Waals surface area (Å²) < 4.78 is 5.18. The normalized spacial score (nSPS) is 27.4. The number of likely N-dealkylation sites (tertiary alicyclic amines) is 1. The van der Waals surface area contributed by atoms with Crippen LogP contribution in [0.25, 0.3) is 0 Å². The fraction of sp³-hybridized carbons (Fsp3) is 0.250. The Morgan fingerprint density at radius 3 is 1.83 bits per heavy atom. The quantitative estimate of drug-likeness (QED) is 0.393. The molecule has 3 aliphatic carbocycles. The maximum absolute atomic E-state index is 13.8. The predicted octanol–water partition coefficient (Wildman–Crippen LogP) is 4.62.